The number of carbonyl (C=O) groups excluding carboxylic acids is 2. The van der Waals surface area contributed by atoms with Gasteiger partial charge in [-0.25, -0.2) is 4.79 Å². The van der Waals surface area contributed by atoms with Crippen molar-refractivity contribution >= 4 is 11.8 Å². The van der Waals surface area contributed by atoms with Gasteiger partial charge in [-0.15, -0.1) is 0 Å². The van der Waals surface area contributed by atoms with Crippen LogP contribution in [0.4, 0.5) is 0 Å². The summed E-state index contributed by atoms with van der Waals surface area (Å²) in [5.41, 5.74) is 2.34. The summed E-state index contributed by atoms with van der Waals surface area (Å²) in [5, 5.41) is 0. The van der Waals surface area contributed by atoms with Crippen LogP contribution < -0.4 is 0 Å². The standard InChI is InChI=1S/C20H24O4/c1-6-11(2)19(22)24-18-15-12(3)10-23-17(15)16(21)14-9-7-8-13(4)20(14,18)5/h6,9-10,13,18H,7-8H2,1-5H3/t13-,18+,20+/m0/s1. The van der Waals surface area contributed by atoms with Crippen molar-refractivity contribution in [3.05, 3.63) is 46.4 Å². The summed E-state index contributed by atoms with van der Waals surface area (Å²) in [5.74, 6) is 0.137. The van der Waals surface area contributed by atoms with E-state index >= 15 is 0 Å². The highest BCUT2D eigenvalue weighted by atomic mass is 16.5. The van der Waals surface area contributed by atoms with E-state index in [0.717, 1.165) is 29.5 Å². The Bertz CT molecular complexity index is 765. The van der Waals surface area contributed by atoms with E-state index in [1.165, 1.54) is 0 Å². The molecule has 4 heteroatoms. The lowest BCUT2D eigenvalue weighted by Crippen LogP contribution is -2.45. The van der Waals surface area contributed by atoms with Gasteiger partial charge in [-0.2, -0.15) is 0 Å². The first-order valence-corrected chi connectivity index (χ1v) is 8.49. The molecule has 4 nitrogen and oxygen atoms in total. The van der Waals surface area contributed by atoms with E-state index in [-0.39, 0.29) is 17.7 Å². The van der Waals surface area contributed by atoms with Crippen LogP contribution >= 0.6 is 0 Å². The molecule has 3 atom stereocenters. The van der Waals surface area contributed by atoms with Gasteiger partial charge in [-0.05, 0) is 45.1 Å². The molecule has 0 N–H and O–H groups in total. The molecule has 0 unspecified atom stereocenters. The number of hydrogen-bond donors (Lipinski definition) is 0. The third kappa shape index (κ3) is 2.20. The number of furan rings is 1. The molecule has 0 saturated carbocycles. The smallest absolute Gasteiger partial charge is 0.334 e. The molecule has 0 radical (unpaired) electrons. The Morgan fingerprint density at radius 3 is 2.83 bits per heavy atom. The number of allylic oxidation sites excluding steroid dienone is 2. The average molecular weight is 328 g/mol. The van der Waals surface area contributed by atoms with Crippen LogP contribution in [0.1, 0.15) is 68.3 Å². The van der Waals surface area contributed by atoms with Gasteiger partial charge in [0.2, 0.25) is 5.78 Å². The van der Waals surface area contributed by atoms with Gasteiger partial charge in [0, 0.05) is 22.1 Å². The second kappa shape index (κ2) is 5.76. The first kappa shape index (κ1) is 16.7. The molecule has 3 rings (SSSR count). The van der Waals surface area contributed by atoms with E-state index in [1.54, 1.807) is 19.3 Å². The normalized spacial score (nSPS) is 29.6. The number of ether oxygens (including phenoxy) is 1. The molecule has 1 heterocycles. The summed E-state index contributed by atoms with van der Waals surface area (Å²) in [6.07, 6.45) is 6.64. The van der Waals surface area contributed by atoms with Crippen molar-refractivity contribution in [3.63, 3.8) is 0 Å². The molecule has 0 saturated heterocycles. The highest BCUT2D eigenvalue weighted by Gasteiger charge is 2.55. The first-order valence-electron chi connectivity index (χ1n) is 8.49. The van der Waals surface area contributed by atoms with Crippen molar-refractivity contribution in [1.29, 1.82) is 0 Å². The summed E-state index contributed by atoms with van der Waals surface area (Å²) >= 11 is 0. The SMILES string of the molecule is CC=C(C)C(=O)O[C@@H]1c2c(C)coc2C(=O)C2=CCC[C@H](C)[C@]21C. The number of Topliss-reactive ketones (excluding diaryl/α,β-unsaturated/α-hetero) is 1. The molecule has 128 valence electrons. The molecule has 1 aromatic heterocycles. The second-order valence-electron chi connectivity index (χ2n) is 7.13. The molecular formula is C20H24O4. The number of aryl methyl sites for hydroxylation is 1. The van der Waals surface area contributed by atoms with Gasteiger partial charge >= 0.3 is 5.97 Å². The minimum Gasteiger partial charge on any atom is -0.460 e. The van der Waals surface area contributed by atoms with Crippen molar-refractivity contribution in [2.24, 2.45) is 11.3 Å². The zero-order valence-electron chi connectivity index (χ0n) is 14.9. The van der Waals surface area contributed by atoms with E-state index in [1.807, 2.05) is 26.8 Å². The zero-order chi connectivity index (χ0) is 17.6. The molecule has 2 aliphatic rings. The van der Waals surface area contributed by atoms with Crippen molar-refractivity contribution in [2.75, 3.05) is 0 Å². The number of rotatable bonds is 2. The van der Waals surface area contributed by atoms with Gasteiger partial charge in [-0.1, -0.05) is 26.0 Å². The van der Waals surface area contributed by atoms with E-state index in [0.29, 0.717) is 11.3 Å². The third-order valence-corrected chi connectivity index (χ3v) is 5.81. The summed E-state index contributed by atoms with van der Waals surface area (Å²) in [6, 6.07) is 0. The van der Waals surface area contributed by atoms with Crippen molar-refractivity contribution in [1.82, 2.24) is 0 Å². The van der Waals surface area contributed by atoms with Crippen LogP contribution in [0.5, 0.6) is 0 Å². The monoisotopic (exact) mass is 328 g/mol. The van der Waals surface area contributed by atoms with Gasteiger partial charge in [0.15, 0.2) is 5.76 Å². The number of ketones is 1. The fourth-order valence-corrected chi connectivity index (χ4v) is 3.88. The second-order valence-corrected chi connectivity index (χ2v) is 7.13. The Balaban J connectivity index is 2.18. The summed E-state index contributed by atoms with van der Waals surface area (Å²) < 4.78 is 11.5. The quantitative estimate of drug-likeness (QED) is 0.583. The van der Waals surface area contributed by atoms with Gasteiger partial charge in [0.05, 0.1) is 6.26 Å². The van der Waals surface area contributed by atoms with Crippen molar-refractivity contribution < 1.29 is 18.7 Å². The largest absolute Gasteiger partial charge is 0.460 e. The molecule has 0 fully saturated rings. The minimum atomic E-state index is -0.527. The first-order chi connectivity index (χ1) is 11.3. The minimum absolute atomic E-state index is 0.0674. The average Bonchev–Trinajstić information content (AvgIpc) is 2.94. The third-order valence-electron chi connectivity index (χ3n) is 5.81. The van der Waals surface area contributed by atoms with Crippen LogP contribution in [-0.4, -0.2) is 11.8 Å². The zero-order valence-corrected chi connectivity index (χ0v) is 14.9. The molecule has 0 aliphatic heterocycles. The molecule has 2 aliphatic carbocycles. The predicted molar refractivity (Wildman–Crippen MR) is 90.6 cm³/mol. The van der Waals surface area contributed by atoms with Crippen molar-refractivity contribution in [3.8, 4) is 0 Å². The maximum atomic E-state index is 12.9. The van der Waals surface area contributed by atoms with Crippen LogP contribution in [0.15, 0.2) is 34.0 Å². The van der Waals surface area contributed by atoms with Crippen molar-refractivity contribution in [2.45, 2.75) is 53.6 Å². The predicted octanol–water partition coefficient (Wildman–Crippen LogP) is 4.70. The Labute approximate surface area is 142 Å². The molecule has 0 bridgehead atoms. The van der Waals surface area contributed by atoms with Gasteiger partial charge in [0.25, 0.3) is 0 Å². The highest BCUT2D eigenvalue weighted by molar-refractivity contribution is 6.10. The number of hydrogen-bond acceptors (Lipinski definition) is 4. The Morgan fingerprint density at radius 2 is 2.17 bits per heavy atom. The number of carbonyl (C=O) groups is 2. The molecule has 1 aromatic rings. The van der Waals surface area contributed by atoms with Crippen LogP contribution in [0.3, 0.4) is 0 Å². The van der Waals surface area contributed by atoms with E-state index in [9.17, 15) is 9.59 Å². The fraction of sp³-hybridized carbons (Fsp3) is 0.500. The maximum absolute atomic E-state index is 12.9. The molecular weight excluding hydrogens is 304 g/mol. The van der Waals surface area contributed by atoms with Gasteiger partial charge in [-0.3, -0.25) is 4.79 Å². The van der Waals surface area contributed by atoms with E-state index in [4.69, 9.17) is 9.15 Å². The summed E-state index contributed by atoms with van der Waals surface area (Å²) in [6.45, 7) is 9.61. The molecule has 24 heavy (non-hydrogen) atoms. The summed E-state index contributed by atoms with van der Waals surface area (Å²) in [7, 11) is 0. The lowest BCUT2D eigenvalue weighted by molar-refractivity contribution is -0.153. The number of esters is 1. The molecule has 0 spiro atoms. The molecule has 0 amide bonds. The molecule has 0 aromatic carbocycles. The fourth-order valence-electron chi connectivity index (χ4n) is 3.88. The Hall–Kier alpha value is -2.10. The Morgan fingerprint density at radius 1 is 1.46 bits per heavy atom. The highest BCUT2D eigenvalue weighted by Crippen LogP contribution is 2.57. The summed E-state index contributed by atoms with van der Waals surface area (Å²) in [4.78, 5) is 25.4. The van der Waals surface area contributed by atoms with Crippen LogP contribution in [-0.2, 0) is 9.53 Å². The van der Waals surface area contributed by atoms with E-state index in [2.05, 4.69) is 6.92 Å². The van der Waals surface area contributed by atoms with E-state index < -0.39 is 11.5 Å². The van der Waals surface area contributed by atoms with Crippen LogP contribution in [0.2, 0.25) is 0 Å². The van der Waals surface area contributed by atoms with Gasteiger partial charge < -0.3 is 9.15 Å². The van der Waals surface area contributed by atoms with Crippen LogP contribution in [0, 0.1) is 18.3 Å². The number of fused-ring (bicyclic) bond motifs is 2. The van der Waals surface area contributed by atoms with Crippen LogP contribution in [0.25, 0.3) is 0 Å². The lowest BCUT2D eigenvalue weighted by atomic mass is 9.58. The maximum Gasteiger partial charge on any atom is 0.334 e. The topological polar surface area (TPSA) is 56.5 Å². The lowest BCUT2D eigenvalue weighted by Gasteiger charge is -2.47. The Kier molecular flexibility index (Phi) is 4.02. The van der Waals surface area contributed by atoms with Gasteiger partial charge in [0.1, 0.15) is 6.10 Å².